The number of nitriles is 1. The lowest BCUT2D eigenvalue weighted by molar-refractivity contribution is 0.396. The molecular weight excluding hydrogens is 230 g/mol. The van der Waals surface area contributed by atoms with Crippen LogP contribution in [0.15, 0.2) is 41.3 Å². The first-order valence-electron chi connectivity index (χ1n) is 5.34. The molecule has 0 aliphatic heterocycles. The van der Waals surface area contributed by atoms with Crippen LogP contribution in [0.1, 0.15) is 11.3 Å². The number of pyridine rings is 2. The van der Waals surface area contributed by atoms with Crippen LogP contribution in [-0.2, 0) is 6.54 Å². The summed E-state index contributed by atoms with van der Waals surface area (Å²) in [5, 5.41) is 8.79. The maximum absolute atomic E-state index is 11.8. The lowest BCUT2D eigenvalue weighted by Gasteiger charge is -2.06. The van der Waals surface area contributed by atoms with Gasteiger partial charge < -0.3 is 9.30 Å². The van der Waals surface area contributed by atoms with Gasteiger partial charge in [0.25, 0.3) is 5.56 Å². The monoisotopic (exact) mass is 241 g/mol. The second-order valence-corrected chi connectivity index (χ2v) is 3.64. The number of ether oxygens (including phenoxy) is 1. The van der Waals surface area contributed by atoms with Gasteiger partial charge in [0.2, 0.25) is 5.88 Å². The summed E-state index contributed by atoms with van der Waals surface area (Å²) in [6.45, 7) is 0.311. The predicted molar refractivity (Wildman–Crippen MR) is 65.3 cm³/mol. The summed E-state index contributed by atoms with van der Waals surface area (Å²) in [5.41, 5.74) is 0.511. The molecule has 0 radical (unpaired) electrons. The normalized spacial score (nSPS) is 9.78. The van der Waals surface area contributed by atoms with E-state index in [4.69, 9.17) is 10.00 Å². The molecule has 90 valence electrons. The summed E-state index contributed by atoms with van der Waals surface area (Å²) in [5.74, 6) is 0.497. The van der Waals surface area contributed by atoms with Crippen LogP contribution in [0.2, 0.25) is 0 Å². The van der Waals surface area contributed by atoms with Gasteiger partial charge in [-0.15, -0.1) is 0 Å². The van der Waals surface area contributed by atoms with E-state index in [-0.39, 0.29) is 11.1 Å². The Labute approximate surface area is 104 Å². The number of hydrogen-bond donors (Lipinski definition) is 0. The Bertz CT molecular complexity index is 656. The van der Waals surface area contributed by atoms with E-state index in [0.29, 0.717) is 18.1 Å². The maximum Gasteiger partial charge on any atom is 0.268 e. The van der Waals surface area contributed by atoms with Crippen LogP contribution in [0, 0.1) is 11.3 Å². The van der Waals surface area contributed by atoms with Crippen molar-refractivity contribution in [3.8, 4) is 11.9 Å². The summed E-state index contributed by atoms with van der Waals surface area (Å²) in [6, 6.07) is 10.4. The number of methoxy groups -OCH3 is 1. The number of aromatic nitrogens is 2. The zero-order valence-electron chi connectivity index (χ0n) is 9.83. The van der Waals surface area contributed by atoms with Crippen molar-refractivity contribution >= 4 is 0 Å². The molecule has 0 fully saturated rings. The lowest BCUT2D eigenvalue weighted by Crippen LogP contribution is -2.22. The summed E-state index contributed by atoms with van der Waals surface area (Å²) < 4.78 is 6.46. The fraction of sp³-hybridized carbons (Fsp3) is 0.154. The molecule has 2 rings (SSSR count). The van der Waals surface area contributed by atoms with E-state index in [0.717, 1.165) is 0 Å². The van der Waals surface area contributed by atoms with Crippen LogP contribution >= 0.6 is 0 Å². The largest absolute Gasteiger partial charge is 0.481 e. The number of rotatable bonds is 3. The molecule has 0 N–H and O–H groups in total. The summed E-state index contributed by atoms with van der Waals surface area (Å²) in [6.07, 6.45) is 1.63. The standard InChI is InChI=1S/C13H11N3O2/c1-18-12-6-2-5-11(15-12)9-16-7-3-4-10(8-14)13(16)17/h2-7H,9H2,1H3. The van der Waals surface area contributed by atoms with Crippen LogP contribution < -0.4 is 10.3 Å². The van der Waals surface area contributed by atoms with Crippen molar-refractivity contribution < 1.29 is 4.74 Å². The highest BCUT2D eigenvalue weighted by atomic mass is 16.5. The quantitative estimate of drug-likeness (QED) is 0.809. The minimum atomic E-state index is -0.315. The van der Waals surface area contributed by atoms with E-state index in [1.54, 1.807) is 30.5 Å². The van der Waals surface area contributed by atoms with Crippen LogP contribution in [0.5, 0.6) is 5.88 Å². The van der Waals surface area contributed by atoms with Crippen molar-refractivity contribution in [2.24, 2.45) is 0 Å². The van der Waals surface area contributed by atoms with Crippen LogP contribution in [0.3, 0.4) is 0 Å². The van der Waals surface area contributed by atoms with Crippen molar-refractivity contribution in [1.29, 1.82) is 5.26 Å². The maximum atomic E-state index is 11.8. The Morgan fingerprint density at radius 3 is 2.94 bits per heavy atom. The van der Waals surface area contributed by atoms with E-state index in [9.17, 15) is 4.79 Å². The molecule has 2 heterocycles. The second kappa shape index (κ2) is 5.15. The van der Waals surface area contributed by atoms with Crippen molar-refractivity contribution in [2.75, 3.05) is 7.11 Å². The Kier molecular flexibility index (Phi) is 3.39. The highest BCUT2D eigenvalue weighted by Crippen LogP contribution is 2.07. The zero-order valence-corrected chi connectivity index (χ0v) is 9.83. The molecule has 18 heavy (non-hydrogen) atoms. The van der Waals surface area contributed by atoms with Gasteiger partial charge in [-0.1, -0.05) is 6.07 Å². The van der Waals surface area contributed by atoms with E-state index >= 15 is 0 Å². The molecular formula is C13H11N3O2. The molecule has 0 amide bonds. The third kappa shape index (κ3) is 2.38. The van der Waals surface area contributed by atoms with Gasteiger partial charge in [0.15, 0.2) is 0 Å². The molecule has 0 aromatic carbocycles. The van der Waals surface area contributed by atoms with Crippen LogP contribution in [-0.4, -0.2) is 16.7 Å². The predicted octanol–water partition coefficient (Wildman–Crippen LogP) is 1.17. The van der Waals surface area contributed by atoms with Crippen molar-refractivity contribution in [1.82, 2.24) is 9.55 Å². The van der Waals surface area contributed by atoms with Crippen LogP contribution in [0.25, 0.3) is 0 Å². The van der Waals surface area contributed by atoms with E-state index < -0.39 is 0 Å². The molecule has 0 saturated carbocycles. The van der Waals surface area contributed by atoms with E-state index in [1.165, 1.54) is 17.7 Å². The molecule has 5 nitrogen and oxygen atoms in total. The van der Waals surface area contributed by atoms with E-state index in [1.807, 2.05) is 6.07 Å². The molecule has 0 aliphatic carbocycles. The highest BCUT2D eigenvalue weighted by molar-refractivity contribution is 5.25. The summed E-state index contributed by atoms with van der Waals surface area (Å²) >= 11 is 0. The van der Waals surface area contributed by atoms with Gasteiger partial charge in [0, 0.05) is 12.3 Å². The van der Waals surface area contributed by atoms with Gasteiger partial charge in [-0.25, -0.2) is 4.98 Å². The molecule has 5 heteroatoms. The van der Waals surface area contributed by atoms with Crippen molar-refractivity contribution in [3.63, 3.8) is 0 Å². The van der Waals surface area contributed by atoms with Gasteiger partial charge in [-0.2, -0.15) is 5.26 Å². The molecule has 0 spiro atoms. The summed E-state index contributed by atoms with van der Waals surface area (Å²) in [4.78, 5) is 16.1. The van der Waals surface area contributed by atoms with Crippen LogP contribution in [0.4, 0.5) is 0 Å². The lowest BCUT2D eigenvalue weighted by atomic mass is 10.3. The number of hydrogen-bond acceptors (Lipinski definition) is 4. The van der Waals surface area contributed by atoms with Crippen molar-refractivity contribution in [3.05, 3.63) is 58.1 Å². The molecule has 0 aliphatic rings. The Morgan fingerprint density at radius 1 is 1.39 bits per heavy atom. The third-order valence-corrected chi connectivity index (χ3v) is 2.46. The first-order chi connectivity index (χ1) is 8.74. The highest BCUT2D eigenvalue weighted by Gasteiger charge is 2.04. The Balaban J connectivity index is 2.35. The van der Waals surface area contributed by atoms with Gasteiger partial charge in [0.05, 0.1) is 19.3 Å². The minimum Gasteiger partial charge on any atom is -0.481 e. The van der Waals surface area contributed by atoms with Crippen molar-refractivity contribution in [2.45, 2.75) is 6.54 Å². The average molecular weight is 241 g/mol. The molecule has 2 aromatic rings. The topological polar surface area (TPSA) is 67.9 Å². The molecule has 0 bridgehead atoms. The van der Waals surface area contributed by atoms with Gasteiger partial charge in [-0.3, -0.25) is 4.79 Å². The first-order valence-corrected chi connectivity index (χ1v) is 5.34. The van der Waals surface area contributed by atoms with Gasteiger partial charge in [-0.05, 0) is 18.2 Å². The Hall–Kier alpha value is -2.61. The Morgan fingerprint density at radius 2 is 2.22 bits per heavy atom. The fourth-order valence-electron chi connectivity index (χ4n) is 1.58. The fourth-order valence-corrected chi connectivity index (χ4v) is 1.58. The zero-order chi connectivity index (χ0) is 13.0. The van der Waals surface area contributed by atoms with Gasteiger partial charge >= 0.3 is 0 Å². The SMILES string of the molecule is COc1cccc(Cn2cccc(C#N)c2=O)n1. The smallest absolute Gasteiger partial charge is 0.268 e. The van der Waals surface area contributed by atoms with Gasteiger partial charge in [0.1, 0.15) is 11.6 Å². The minimum absolute atomic E-state index is 0.125. The molecule has 2 aromatic heterocycles. The third-order valence-electron chi connectivity index (χ3n) is 2.46. The second-order valence-electron chi connectivity index (χ2n) is 3.64. The first kappa shape index (κ1) is 11.9. The molecule has 0 saturated heterocycles. The molecule has 0 atom stereocenters. The average Bonchev–Trinajstić information content (AvgIpc) is 2.41. The van der Waals surface area contributed by atoms with E-state index in [2.05, 4.69) is 4.98 Å². The molecule has 0 unspecified atom stereocenters. The number of nitrogens with zero attached hydrogens (tertiary/aromatic N) is 3. The summed E-state index contributed by atoms with van der Waals surface area (Å²) in [7, 11) is 1.54.